The zero-order valence-electron chi connectivity index (χ0n) is 12.4. The van der Waals surface area contributed by atoms with Gasteiger partial charge in [0.05, 0.1) is 26.1 Å². The molecular formula is C18H17N2O2+. The number of nitriles is 1. The molecule has 4 nitrogen and oxygen atoms in total. The van der Waals surface area contributed by atoms with Gasteiger partial charge in [-0.15, -0.1) is 0 Å². The van der Waals surface area contributed by atoms with Crippen LogP contribution in [0.1, 0.15) is 12.0 Å². The van der Waals surface area contributed by atoms with E-state index in [0.717, 1.165) is 28.3 Å². The molecule has 0 aliphatic rings. The van der Waals surface area contributed by atoms with Gasteiger partial charge < -0.3 is 9.32 Å². The van der Waals surface area contributed by atoms with E-state index in [4.69, 9.17) is 9.68 Å². The lowest BCUT2D eigenvalue weighted by Gasteiger charge is -2.14. The quantitative estimate of drug-likeness (QED) is 0.590. The van der Waals surface area contributed by atoms with E-state index >= 15 is 0 Å². The minimum Gasteiger partial charge on any atom is -0.423 e. The molecule has 2 aromatic carbocycles. The smallest absolute Gasteiger partial charge is 0.336 e. The van der Waals surface area contributed by atoms with Gasteiger partial charge in [0.2, 0.25) is 0 Å². The Bertz CT molecular complexity index is 922. The second-order valence-electron chi connectivity index (χ2n) is 5.54. The van der Waals surface area contributed by atoms with Crippen LogP contribution in [0.5, 0.6) is 0 Å². The average Bonchev–Trinajstić information content (AvgIpc) is 2.52. The summed E-state index contributed by atoms with van der Waals surface area (Å²) in [7, 11) is 2.03. The molecule has 22 heavy (non-hydrogen) atoms. The largest absolute Gasteiger partial charge is 0.423 e. The second kappa shape index (κ2) is 6.00. The number of quaternary nitrogens is 1. The lowest BCUT2D eigenvalue weighted by Crippen LogP contribution is -3.07. The molecule has 0 saturated carbocycles. The molecule has 0 amide bonds. The third-order valence-electron chi connectivity index (χ3n) is 3.87. The second-order valence-corrected chi connectivity index (χ2v) is 5.54. The highest BCUT2D eigenvalue weighted by Gasteiger charge is 2.13. The van der Waals surface area contributed by atoms with Crippen molar-refractivity contribution >= 4 is 21.7 Å². The van der Waals surface area contributed by atoms with Crippen LogP contribution < -0.4 is 10.5 Å². The van der Waals surface area contributed by atoms with Crippen LogP contribution in [0.15, 0.2) is 51.7 Å². The van der Waals surface area contributed by atoms with Gasteiger partial charge in [0, 0.05) is 17.0 Å². The highest BCUT2D eigenvalue weighted by molar-refractivity contribution is 6.06. The number of nitrogens with zero attached hydrogens (tertiary/aromatic N) is 1. The molecule has 0 saturated heterocycles. The van der Waals surface area contributed by atoms with Crippen LogP contribution in [-0.4, -0.2) is 13.6 Å². The molecule has 110 valence electrons. The van der Waals surface area contributed by atoms with Gasteiger partial charge in [-0.2, -0.15) is 5.26 Å². The van der Waals surface area contributed by atoms with Gasteiger partial charge in [0.15, 0.2) is 0 Å². The van der Waals surface area contributed by atoms with Gasteiger partial charge in [-0.1, -0.05) is 30.3 Å². The van der Waals surface area contributed by atoms with Gasteiger partial charge in [0.25, 0.3) is 0 Å². The predicted octanol–water partition coefficient (Wildman–Crippen LogP) is 1.87. The molecule has 0 fully saturated rings. The number of hydrogen-bond acceptors (Lipinski definition) is 3. The summed E-state index contributed by atoms with van der Waals surface area (Å²) in [6, 6.07) is 15.6. The van der Waals surface area contributed by atoms with E-state index in [1.807, 2.05) is 37.4 Å². The lowest BCUT2D eigenvalue weighted by molar-refractivity contribution is -0.893. The molecule has 1 aromatic heterocycles. The normalized spacial score (nSPS) is 12.4. The highest BCUT2D eigenvalue weighted by Crippen LogP contribution is 2.26. The molecule has 1 atom stereocenters. The number of benzene rings is 2. The zero-order chi connectivity index (χ0) is 15.5. The molecule has 0 aliphatic heterocycles. The number of nitrogens with one attached hydrogen (secondary N) is 1. The summed E-state index contributed by atoms with van der Waals surface area (Å²) in [6.45, 7) is 1.45. The first-order valence-corrected chi connectivity index (χ1v) is 7.32. The maximum atomic E-state index is 11.8. The van der Waals surface area contributed by atoms with Crippen LogP contribution in [0.4, 0.5) is 0 Å². The van der Waals surface area contributed by atoms with E-state index in [1.54, 1.807) is 6.07 Å². The molecule has 4 heteroatoms. The number of rotatable bonds is 4. The van der Waals surface area contributed by atoms with E-state index < -0.39 is 0 Å². The van der Waals surface area contributed by atoms with E-state index in [1.165, 1.54) is 4.90 Å². The van der Waals surface area contributed by atoms with Crippen LogP contribution in [-0.2, 0) is 6.54 Å². The van der Waals surface area contributed by atoms with Crippen molar-refractivity contribution in [1.82, 2.24) is 0 Å². The van der Waals surface area contributed by atoms with E-state index in [0.29, 0.717) is 18.5 Å². The third-order valence-corrected chi connectivity index (χ3v) is 3.87. The summed E-state index contributed by atoms with van der Waals surface area (Å²) in [5, 5.41) is 11.9. The third kappa shape index (κ3) is 2.72. The topological polar surface area (TPSA) is 58.4 Å². The first kappa shape index (κ1) is 14.3. The Balaban J connectivity index is 2.17. The molecule has 0 bridgehead atoms. The monoisotopic (exact) mass is 293 g/mol. The molecule has 1 unspecified atom stereocenters. The van der Waals surface area contributed by atoms with Crippen molar-refractivity contribution in [2.45, 2.75) is 13.0 Å². The molecule has 0 radical (unpaired) electrons. The summed E-state index contributed by atoms with van der Waals surface area (Å²) in [6.07, 6.45) is 0.506. The van der Waals surface area contributed by atoms with Crippen LogP contribution in [0.2, 0.25) is 0 Å². The van der Waals surface area contributed by atoms with Gasteiger partial charge in [0.1, 0.15) is 12.1 Å². The Labute approximate surface area is 128 Å². The SMILES string of the molecule is C[NH+](CCC#N)Cc1cc(=O)oc2ccc3ccccc3c12. The standard InChI is InChI=1S/C18H16N2O2/c1-20(10-4-9-19)12-14-11-17(21)22-16-8-7-13-5-2-3-6-15(13)18(14)16/h2-3,5-8,11H,4,10,12H2,1H3/p+1. The Kier molecular flexibility index (Phi) is 3.90. The first-order chi connectivity index (χ1) is 10.7. The predicted molar refractivity (Wildman–Crippen MR) is 85.7 cm³/mol. The maximum Gasteiger partial charge on any atom is 0.336 e. The molecule has 0 spiro atoms. The summed E-state index contributed by atoms with van der Waals surface area (Å²) in [5.74, 6) is 0. The molecule has 0 aliphatic carbocycles. The lowest BCUT2D eigenvalue weighted by atomic mass is 10.0. The van der Waals surface area contributed by atoms with Gasteiger partial charge in [-0.05, 0) is 16.8 Å². The molecule has 1 N–H and O–H groups in total. The number of fused-ring (bicyclic) bond motifs is 3. The minimum absolute atomic E-state index is 0.328. The minimum atomic E-state index is -0.328. The van der Waals surface area contributed by atoms with Gasteiger partial charge in [-0.25, -0.2) is 4.79 Å². The van der Waals surface area contributed by atoms with E-state index in [-0.39, 0.29) is 5.63 Å². The average molecular weight is 293 g/mol. The fourth-order valence-electron chi connectivity index (χ4n) is 2.84. The van der Waals surface area contributed by atoms with Crippen molar-refractivity contribution in [2.24, 2.45) is 0 Å². The maximum absolute atomic E-state index is 11.8. The fraction of sp³-hybridized carbons (Fsp3) is 0.222. The van der Waals surface area contributed by atoms with Gasteiger partial charge in [-0.3, -0.25) is 0 Å². The summed E-state index contributed by atoms with van der Waals surface area (Å²) in [5.41, 5.74) is 1.26. The van der Waals surface area contributed by atoms with Crippen molar-refractivity contribution in [3.8, 4) is 6.07 Å². The van der Waals surface area contributed by atoms with Crippen LogP contribution in [0.25, 0.3) is 21.7 Å². The Hall–Kier alpha value is -2.64. The van der Waals surface area contributed by atoms with Crippen molar-refractivity contribution in [1.29, 1.82) is 5.26 Å². The Morgan fingerprint density at radius 3 is 2.86 bits per heavy atom. The summed E-state index contributed by atoms with van der Waals surface area (Å²) >= 11 is 0. The Morgan fingerprint density at radius 1 is 1.23 bits per heavy atom. The van der Waals surface area contributed by atoms with Crippen LogP contribution >= 0.6 is 0 Å². The fourth-order valence-corrected chi connectivity index (χ4v) is 2.84. The van der Waals surface area contributed by atoms with Crippen molar-refractivity contribution in [2.75, 3.05) is 13.6 Å². The van der Waals surface area contributed by atoms with E-state index in [2.05, 4.69) is 12.1 Å². The van der Waals surface area contributed by atoms with E-state index in [9.17, 15) is 4.79 Å². The van der Waals surface area contributed by atoms with Crippen molar-refractivity contribution < 1.29 is 9.32 Å². The summed E-state index contributed by atoms with van der Waals surface area (Å²) in [4.78, 5) is 13.0. The van der Waals surface area contributed by atoms with Crippen molar-refractivity contribution in [3.05, 3.63) is 58.4 Å². The molecule has 1 heterocycles. The molecular weight excluding hydrogens is 276 g/mol. The summed E-state index contributed by atoms with van der Waals surface area (Å²) < 4.78 is 5.36. The molecule has 3 rings (SSSR count). The first-order valence-electron chi connectivity index (χ1n) is 7.32. The number of hydrogen-bond donors (Lipinski definition) is 1. The zero-order valence-corrected chi connectivity index (χ0v) is 12.4. The van der Waals surface area contributed by atoms with Gasteiger partial charge >= 0.3 is 5.63 Å². The Morgan fingerprint density at radius 2 is 2.05 bits per heavy atom. The van der Waals surface area contributed by atoms with Crippen LogP contribution in [0, 0.1) is 11.3 Å². The van der Waals surface area contributed by atoms with Crippen molar-refractivity contribution in [3.63, 3.8) is 0 Å². The van der Waals surface area contributed by atoms with Crippen LogP contribution in [0.3, 0.4) is 0 Å². The highest BCUT2D eigenvalue weighted by atomic mass is 16.4. The molecule has 3 aromatic rings.